The van der Waals surface area contributed by atoms with Crippen LogP contribution in [0.2, 0.25) is 0 Å². The fourth-order valence-electron chi connectivity index (χ4n) is 3.93. The zero-order valence-corrected chi connectivity index (χ0v) is 16.6. The number of benzene rings is 1. The Morgan fingerprint density at radius 2 is 1.97 bits per heavy atom. The van der Waals surface area contributed by atoms with E-state index in [1.54, 1.807) is 13.8 Å². The SMILES string of the molecule is CO[C@@H]1[C@@H](n2cc(-c3cc(F)c(F)c(F)c3)nn2)[C@H]2OC(C)(C)OC[C@H]2O[C@@H]1CO. The van der Waals surface area contributed by atoms with Gasteiger partial charge in [-0.15, -0.1) is 5.10 Å². The van der Waals surface area contributed by atoms with Crippen molar-refractivity contribution in [1.82, 2.24) is 15.0 Å². The summed E-state index contributed by atoms with van der Waals surface area (Å²) in [4.78, 5) is 0. The van der Waals surface area contributed by atoms with E-state index in [2.05, 4.69) is 10.3 Å². The number of aliphatic hydroxyl groups excluding tert-OH is 1. The quantitative estimate of drug-likeness (QED) is 0.742. The Balaban J connectivity index is 1.72. The van der Waals surface area contributed by atoms with Crippen LogP contribution in [0.5, 0.6) is 0 Å². The average molecular weight is 429 g/mol. The Morgan fingerprint density at radius 3 is 2.60 bits per heavy atom. The lowest BCUT2D eigenvalue weighted by molar-refractivity contribution is -0.351. The molecule has 1 aromatic carbocycles. The summed E-state index contributed by atoms with van der Waals surface area (Å²) < 4.78 is 65.2. The number of hydrogen-bond donors (Lipinski definition) is 1. The zero-order chi connectivity index (χ0) is 21.6. The minimum absolute atomic E-state index is 0.0298. The van der Waals surface area contributed by atoms with Crippen LogP contribution in [0, 0.1) is 17.5 Å². The number of halogens is 3. The van der Waals surface area contributed by atoms with Crippen LogP contribution < -0.4 is 0 Å². The highest BCUT2D eigenvalue weighted by atomic mass is 19.2. The zero-order valence-electron chi connectivity index (χ0n) is 16.6. The summed E-state index contributed by atoms with van der Waals surface area (Å²) in [5.74, 6) is -5.09. The van der Waals surface area contributed by atoms with E-state index in [1.807, 2.05) is 0 Å². The molecule has 0 unspecified atom stereocenters. The van der Waals surface area contributed by atoms with E-state index in [9.17, 15) is 18.3 Å². The lowest BCUT2D eigenvalue weighted by Crippen LogP contribution is -2.63. The minimum Gasteiger partial charge on any atom is -0.394 e. The molecule has 2 fully saturated rings. The molecule has 30 heavy (non-hydrogen) atoms. The first-order valence-electron chi connectivity index (χ1n) is 9.41. The van der Waals surface area contributed by atoms with Gasteiger partial charge in [0.2, 0.25) is 0 Å². The predicted molar refractivity (Wildman–Crippen MR) is 95.8 cm³/mol. The van der Waals surface area contributed by atoms with Gasteiger partial charge in [-0.05, 0) is 26.0 Å². The van der Waals surface area contributed by atoms with E-state index in [1.165, 1.54) is 18.0 Å². The number of methoxy groups -OCH3 is 1. The fourth-order valence-corrected chi connectivity index (χ4v) is 3.93. The molecular formula is C19H22F3N3O5. The van der Waals surface area contributed by atoms with E-state index in [0.717, 1.165) is 12.1 Å². The summed E-state index contributed by atoms with van der Waals surface area (Å²) in [6, 6.07) is 1.11. The normalized spacial score (nSPS) is 30.8. The molecule has 2 aliphatic heterocycles. The van der Waals surface area contributed by atoms with Crippen LogP contribution in [-0.2, 0) is 18.9 Å². The highest BCUT2D eigenvalue weighted by Gasteiger charge is 2.52. The minimum atomic E-state index is -1.55. The van der Waals surface area contributed by atoms with Gasteiger partial charge in [0.05, 0.1) is 19.4 Å². The lowest BCUT2D eigenvalue weighted by atomic mass is 9.91. The van der Waals surface area contributed by atoms with Gasteiger partial charge in [0, 0.05) is 12.7 Å². The molecule has 3 heterocycles. The number of hydrogen-bond acceptors (Lipinski definition) is 7. The molecule has 0 amide bonds. The molecule has 4 rings (SSSR count). The first-order chi connectivity index (χ1) is 14.2. The number of ether oxygens (including phenoxy) is 4. The van der Waals surface area contributed by atoms with Gasteiger partial charge in [0.25, 0.3) is 0 Å². The van der Waals surface area contributed by atoms with E-state index >= 15 is 0 Å². The molecule has 1 aromatic heterocycles. The molecule has 0 radical (unpaired) electrons. The Labute approximate surface area is 170 Å². The molecule has 0 bridgehead atoms. The highest BCUT2D eigenvalue weighted by Crippen LogP contribution is 2.39. The van der Waals surface area contributed by atoms with Crippen molar-refractivity contribution in [3.8, 4) is 11.3 Å². The molecule has 0 spiro atoms. The lowest BCUT2D eigenvalue weighted by Gasteiger charge is -2.50. The summed E-state index contributed by atoms with van der Waals surface area (Å²) in [6.07, 6.45) is -0.923. The third-order valence-electron chi connectivity index (χ3n) is 5.32. The molecule has 11 heteroatoms. The maximum absolute atomic E-state index is 13.6. The first-order valence-corrected chi connectivity index (χ1v) is 9.41. The molecule has 164 valence electrons. The summed E-state index contributed by atoms with van der Waals surface area (Å²) >= 11 is 0. The van der Waals surface area contributed by atoms with Crippen molar-refractivity contribution in [3.05, 3.63) is 35.8 Å². The molecule has 2 aliphatic rings. The number of aromatic nitrogens is 3. The van der Waals surface area contributed by atoms with E-state index in [4.69, 9.17) is 18.9 Å². The predicted octanol–water partition coefficient (Wildman–Crippen LogP) is 1.83. The van der Waals surface area contributed by atoms with Crippen molar-refractivity contribution in [1.29, 1.82) is 0 Å². The van der Waals surface area contributed by atoms with Crippen LogP contribution in [0.3, 0.4) is 0 Å². The number of rotatable bonds is 4. The molecule has 1 N–H and O–H groups in total. The maximum atomic E-state index is 13.6. The summed E-state index contributed by atoms with van der Waals surface area (Å²) in [7, 11) is 1.47. The monoisotopic (exact) mass is 429 g/mol. The summed E-state index contributed by atoms with van der Waals surface area (Å²) in [5.41, 5.74) is 0.166. The number of aliphatic hydroxyl groups is 1. The van der Waals surface area contributed by atoms with Crippen molar-refractivity contribution < 1.29 is 37.2 Å². The fraction of sp³-hybridized carbons (Fsp3) is 0.579. The van der Waals surface area contributed by atoms with E-state index < -0.39 is 53.7 Å². The van der Waals surface area contributed by atoms with Crippen molar-refractivity contribution in [2.24, 2.45) is 0 Å². The summed E-state index contributed by atoms with van der Waals surface area (Å²) in [6.45, 7) is 3.45. The molecule has 2 aromatic rings. The molecule has 0 saturated carbocycles. The van der Waals surface area contributed by atoms with Crippen LogP contribution in [0.15, 0.2) is 18.3 Å². The number of nitrogens with zero attached hydrogens (tertiary/aromatic N) is 3. The molecular weight excluding hydrogens is 407 g/mol. The van der Waals surface area contributed by atoms with Gasteiger partial charge in [-0.3, -0.25) is 0 Å². The van der Waals surface area contributed by atoms with E-state index in [0.29, 0.717) is 0 Å². The van der Waals surface area contributed by atoms with Crippen LogP contribution in [0.1, 0.15) is 19.9 Å². The van der Waals surface area contributed by atoms with Crippen LogP contribution in [0.25, 0.3) is 11.3 Å². The van der Waals surface area contributed by atoms with Gasteiger partial charge in [-0.25, -0.2) is 17.9 Å². The largest absolute Gasteiger partial charge is 0.394 e. The third-order valence-corrected chi connectivity index (χ3v) is 5.32. The van der Waals surface area contributed by atoms with Crippen LogP contribution >= 0.6 is 0 Å². The second kappa shape index (κ2) is 7.89. The second-order valence-corrected chi connectivity index (χ2v) is 7.72. The highest BCUT2D eigenvalue weighted by molar-refractivity contribution is 5.57. The Kier molecular flexibility index (Phi) is 5.58. The third kappa shape index (κ3) is 3.71. The second-order valence-electron chi connectivity index (χ2n) is 7.72. The van der Waals surface area contributed by atoms with Crippen molar-refractivity contribution >= 4 is 0 Å². The Hall–Kier alpha value is -2.05. The van der Waals surface area contributed by atoms with Gasteiger partial charge in [0.1, 0.15) is 36.2 Å². The molecule has 0 aliphatic carbocycles. The van der Waals surface area contributed by atoms with Crippen molar-refractivity contribution in [3.63, 3.8) is 0 Å². The van der Waals surface area contributed by atoms with Gasteiger partial charge >= 0.3 is 0 Å². The Morgan fingerprint density at radius 1 is 1.27 bits per heavy atom. The molecule has 5 atom stereocenters. The average Bonchev–Trinajstić information content (AvgIpc) is 3.19. The van der Waals surface area contributed by atoms with E-state index in [-0.39, 0.29) is 24.5 Å². The topological polar surface area (TPSA) is 87.9 Å². The van der Waals surface area contributed by atoms with Gasteiger partial charge in [-0.2, -0.15) is 0 Å². The smallest absolute Gasteiger partial charge is 0.194 e. The standard InChI is InChI=1S/C19H22F3N3O5/c1-19(2)28-8-14-18(30-19)16(17(27-3)13(7-26)29-14)25-6-12(23-24-25)9-4-10(20)15(22)11(21)5-9/h4-6,13-14,16-18,26H,7-8H2,1-3H3/t13-,14-,16-,17+,18+/m1/s1. The first kappa shape index (κ1) is 21.2. The van der Waals surface area contributed by atoms with Crippen molar-refractivity contribution in [2.75, 3.05) is 20.3 Å². The van der Waals surface area contributed by atoms with Gasteiger partial charge < -0.3 is 24.1 Å². The van der Waals surface area contributed by atoms with Crippen LogP contribution in [0.4, 0.5) is 13.2 Å². The van der Waals surface area contributed by atoms with Gasteiger partial charge in [-0.1, -0.05) is 5.21 Å². The van der Waals surface area contributed by atoms with Crippen molar-refractivity contribution in [2.45, 2.75) is 50.1 Å². The molecule has 2 saturated heterocycles. The van der Waals surface area contributed by atoms with Crippen LogP contribution in [-0.4, -0.2) is 70.6 Å². The Bertz CT molecular complexity index is 902. The summed E-state index contributed by atoms with van der Waals surface area (Å²) in [5, 5.41) is 17.8. The maximum Gasteiger partial charge on any atom is 0.194 e. The molecule has 8 nitrogen and oxygen atoms in total. The van der Waals surface area contributed by atoms with Gasteiger partial charge in [0.15, 0.2) is 23.2 Å². The number of fused-ring (bicyclic) bond motifs is 1.